The number of amides is 1. The molecule has 0 aliphatic carbocycles. The molecule has 23 heavy (non-hydrogen) atoms. The summed E-state index contributed by atoms with van der Waals surface area (Å²) in [5.74, 6) is -0.352. The molecule has 0 radical (unpaired) electrons. The number of benzene rings is 1. The molecule has 0 aliphatic rings. The summed E-state index contributed by atoms with van der Waals surface area (Å²) < 4.78 is 10.6. The van der Waals surface area contributed by atoms with Gasteiger partial charge in [0.15, 0.2) is 6.61 Å². The molecule has 1 N–H and O–H groups in total. The summed E-state index contributed by atoms with van der Waals surface area (Å²) in [5, 5.41) is 10.3. The summed E-state index contributed by atoms with van der Waals surface area (Å²) in [6.07, 6.45) is 0. The van der Waals surface area contributed by atoms with Gasteiger partial charge in [0.2, 0.25) is 11.8 Å². The first kappa shape index (κ1) is 16.7. The van der Waals surface area contributed by atoms with Crippen LogP contribution in [0.25, 0.3) is 11.5 Å². The minimum absolute atomic E-state index is 0.0889. The average molecular weight is 317 g/mol. The molecule has 7 heteroatoms. The first-order chi connectivity index (χ1) is 11.0. The predicted octanol–water partition coefficient (Wildman–Crippen LogP) is 1.94. The van der Waals surface area contributed by atoms with Crippen molar-refractivity contribution in [1.29, 1.82) is 0 Å². The fourth-order valence-corrected chi connectivity index (χ4v) is 1.95. The molecular weight excluding hydrogens is 298 g/mol. The van der Waals surface area contributed by atoms with Gasteiger partial charge in [-0.1, -0.05) is 32.0 Å². The third kappa shape index (κ3) is 4.64. The maximum atomic E-state index is 12.0. The van der Waals surface area contributed by atoms with Crippen molar-refractivity contribution >= 4 is 11.9 Å². The van der Waals surface area contributed by atoms with E-state index in [9.17, 15) is 9.59 Å². The van der Waals surface area contributed by atoms with Gasteiger partial charge < -0.3 is 14.5 Å². The Morgan fingerprint density at radius 2 is 1.91 bits per heavy atom. The highest BCUT2D eigenvalue weighted by atomic mass is 16.5. The molecule has 0 fully saturated rings. The van der Waals surface area contributed by atoms with Gasteiger partial charge in [-0.25, -0.2) is 4.79 Å². The summed E-state index contributed by atoms with van der Waals surface area (Å²) in [6.45, 7) is 4.86. The van der Waals surface area contributed by atoms with E-state index < -0.39 is 12.0 Å². The van der Waals surface area contributed by atoms with Crippen LogP contribution in [0, 0.1) is 5.92 Å². The Morgan fingerprint density at radius 1 is 1.22 bits per heavy atom. The van der Waals surface area contributed by atoms with Gasteiger partial charge in [-0.15, -0.1) is 10.2 Å². The molecule has 1 aromatic carbocycles. The predicted molar refractivity (Wildman–Crippen MR) is 82.0 cm³/mol. The minimum Gasteiger partial charge on any atom is -0.454 e. The molecule has 0 unspecified atom stereocenters. The van der Waals surface area contributed by atoms with Crippen LogP contribution in [0.15, 0.2) is 34.7 Å². The van der Waals surface area contributed by atoms with E-state index in [1.165, 1.54) is 6.92 Å². The fourth-order valence-electron chi connectivity index (χ4n) is 1.95. The van der Waals surface area contributed by atoms with Gasteiger partial charge in [-0.05, 0) is 18.1 Å². The molecule has 0 saturated carbocycles. The molecule has 1 heterocycles. The van der Waals surface area contributed by atoms with Crippen LogP contribution < -0.4 is 5.32 Å². The Bertz CT molecular complexity index is 667. The van der Waals surface area contributed by atoms with Crippen LogP contribution in [0.4, 0.5) is 0 Å². The Balaban J connectivity index is 1.96. The number of nitrogens with one attached hydrogen (secondary N) is 1. The molecule has 0 saturated heterocycles. The molecule has 0 spiro atoms. The van der Waals surface area contributed by atoms with E-state index in [-0.39, 0.29) is 24.3 Å². The second-order valence-electron chi connectivity index (χ2n) is 5.40. The van der Waals surface area contributed by atoms with E-state index in [1.807, 2.05) is 44.2 Å². The second kappa shape index (κ2) is 7.53. The normalized spacial score (nSPS) is 12.0. The number of carbonyl (C=O) groups excluding carboxylic acids is 2. The van der Waals surface area contributed by atoms with Crippen LogP contribution in [0.3, 0.4) is 0 Å². The lowest BCUT2D eigenvalue weighted by molar-refractivity contribution is -0.151. The summed E-state index contributed by atoms with van der Waals surface area (Å²) in [4.78, 5) is 23.2. The number of hydrogen-bond donors (Lipinski definition) is 1. The Morgan fingerprint density at radius 3 is 2.52 bits per heavy atom. The Kier molecular flexibility index (Phi) is 5.46. The topological polar surface area (TPSA) is 94.3 Å². The first-order valence-corrected chi connectivity index (χ1v) is 7.29. The van der Waals surface area contributed by atoms with Gasteiger partial charge in [-0.3, -0.25) is 4.79 Å². The molecule has 7 nitrogen and oxygen atoms in total. The van der Waals surface area contributed by atoms with E-state index in [4.69, 9.17) is 9.15 Å². The molecule has 1 amide bonds. The Hall–Kier alpha value is -2.70. The molecule has 0 bridgehead atoms. The van der Waals surface area contributed by atoms with Gasteiger partial charge in [0.1, 0.15) is 6.04 Å². The summed E-state index contributed by atoms with van der Waals surface area (Å²) in [5.41, 5.74) is 0.788. The zero-order chi connectivity index (χ0) is 16.8. The van der Waals surface area contributed by atoms with Gasteiger partial charge >= 0.3 is 5.97 Å². The van der Waals surface area contributed by atoms with Crippen molar-refractivity contribution in [1.82, 2.24) is 15.5 Å². The summed E-state index contributed by atoms with van der Waals surface area (Å²) in [7, 11) is 0. The number of hydrogen-bond acceptors (Lipinski definition) is 6. The molecule has 1 aromatic heterocycles. The monoisotopic (exact) mass is 317 g/mol. The maximum absolute atomic E-state index is 12.0. The van der Waals surface area contributed by atoms with Crippen molar-refractivity contribution in [3.63, 3.8) is 0 Å². The number of esters is 1. The number of nitrogens with zero attached hydrogens (tertiary/aromatic N) is 2. The van der Waals surface area contributed by atoms with Crippen LogP contribution in [0.5, 0.6) is 0 Å². The summed E-state index contributed by atoms with van der Waals surface area (Å²) in [6, 6.07) is 8.59. The van der Waals surface area contributed by atoms with Crippen molar-refractivity contribution in [2.24, 2.45) is 5.92 Å². The maximum Gasteiger partial charge on any atom is 0.329 e. The van der Waals surface area contributed by atoms with Crippen LogP contribution in [0.1, 0.15) is 26.7 Å². The van der Waals surface area contributed by atoms with Crippen LogP contribution in [-0.4, -0.2) is 28.1 Å². The number of carbonyl (C=O) groups is 2. The summed E-state index contributed by atoms with van der Waals surface area (Å²) >= 11 is 0. The first-order valence-electron chi connectivity index (χ1n) is 7.29. The van der Waals surface area contributed by atoms with Crippen LogP contribution in [0.2, 0.25) is 0 Å². The SMILES string of the molecule is CC(=O)N[C@@H](C(=O)OCc1nnc(-c2ccccc2)o1)C(C)C. The lowest BCUT2D eigenvalue weighted by Crippen LogP contribution is -2.44. The largest absolute Gasteiger partial charge is 0.454 e. The van der Waals surface area contributed by atoms with E-state index >= 15 is 0 Å². The number of rotatable bonds is 6. The fraction of sp³-hybridized carbons (Fsp3) is 0.375. The average Bonchev–Trinajstić information content (AvgIpc) is 2.99. The van der Waals surface area contributed by atoms with Crippen molar-refractivity contribution in [3.8, 4) is 11.5 Å². The van der Waals surface area contributed by atoms with Crippen LogP contribution in [-0.2, 0) is 20.9 Å². The number of ether oxygens (including phenoxy) is 1. The molecular formula is C16H19N3O4. The minimum atomic E-state index is -0.705. The smallest absolute Gasteiger partial charge is 0.329 e. The molecule has 1 atom stereocenters. The highest BCUT2D eigenvalue weighted by Crippen LogP contribution is 2.17. The standard InChI is InChI=1S/C16H19N3O4/c1-10(2)14(17-11(3)20)16(21)22-9-13-18-19-15(23-13)12-7-5-4-6-8-12/h4-8,10,14H,9H2,1-3H3,(H,17,20)/t14-/m1/s1. The number of aromatic nitrogens is 2. The van der Waals surface area contributed by atoms with Gasteiger partial charge in [0.05, 0.1) is 0 Å². The van der Waals surface area contributed by atoms with Crippen LogP contribution >= 0.6 is 0 Å². The van der Waals surface area contributed by atoms with E-state index in [2.05, 4.69) is 15.5 Å². The third-order valence-corrected chi connectivity index (χ3v) is 3.10. The van der Waals surface area contributed by atoms with Crippen molar-refractivity contribution < 1.29 is 18.7 Å². The zero-order valence-electron chi connectivity index (χ0n) is 13.3. The Labute approximate surface area is 134 Å². The molecule has 2 rings (SSSR count). The highest BCUT2D eigenvalue weighted by Gasteiger charge is 2.25. The lowest BCUT2D eigenvalue weighted by atomic mass is 10.0. The second-order valence-corrected chi connectivity index (χ2v) is 5.40. The van der Waals surface area contributed by atoms with Gasteiger partial charge in [0.25, 0.3) is 5.89 Å². The van der Waals surface area contributed by atoms with E-state index in [0.29, 0.717) is 5.89 Å². The highest BCUT2D eigenvalue weighted by molar-refractivity contribution is 5.83. The van der Waals surface area contributed by atoms with Gasteiger partial charge in [-0.2, -0.15) is 0 Å². The zero-order valence-corrected chi connectivity index (χ0v) is 13.3. The van der Waals surface area contributed by atoms with E-state index in [1.54, 1.807) is 0 Å². The molecule has 0 aliphatic heterocycles. The van der Waals surface area contributed by atoms with Crippen molar-refractivity contribution in [2.45, 2.75) is 33.4 Å². The molecule has 2 aromatic rings. The van der Waals surface area contributed by atoms with E-state index in [0.717, 1.165) is 5.56 Å². The van der Waals surface area contributed by atoms with Crippen molar-refractivity contribution in [2.75, 3.05) is 0 Å². The quantitative estimate of drug-likeness (QED) is 0.818. The van der Waals surface area contributed by atoms with Gasteiger partial charge in [0, 0.05) is 12.5 Å². The molecule has 122 valence electrons. The lowest BCUT2D eigenvalue weighted by Gasteiger charge is -2.19. The third-order valence-electron chi connectivity index (χ3n) is 3.10. The van der Waals surface area contributed by atoms with Crippen molar-refractivity contribution in [3.05, 3.63) is 36.2 Å².